The Balaban J connectivity index is 2.23. The number of ether oxygens (including phenoxy) is 1. The third-order valence-electron chi connectivity index (χ3n) is 2.76. The molecule has 0 saturated carbocycles. The van der Waals surface area contributed by atoms with E-state index in [-0.39, 0.29) is 13.2 Å². The highest BCUT2D eigenvalue weighted by Gasteiger charge is 2.33. The molecule has 1 atom stereocenters. The molecule has 7 nitrogen and oxygen atoms in total. The number of cyclic esters (lactones) is 1. The van der Waals surface area contributed by atoms with E-state index in [1.807, 2.05) is 0 Å². The van der Waals surface area contributed by atoms with E-state index in [1.54, 1.807) is 30.3 Å². The topological polar surface area (TPSA) is 92.8 Å². The SMILES string of the molecule is CS(=O)(=O)NC(CN1C(=O)COC1=O)c1ccccc1. The summed E-state index contributed by atoms with van der Waals surface area (Å²) in [6, 6.07) is 8.01. The van der Waals surface area contributed by atoms with Crippen molar-refractivity contribution in [2.45, 2.75) is 6.04 Å². The Kier molecular flexibility index (Phi) is 4.05. The van der Waals surface area contributed by atoms with Crippen molar-refractivity contribution < 1.29 is 22.7 Å². The van der Waals surface area contributed by atoms with Gasteiger partial charge in [0.15, 0.2) is 6.61 Å². The Labute approximate surface area is 116 Å². The molecule has 0 aliphatic carbocycles. The number of rotatable bonds is 5. The number of hydrogen-bond acceptors (Lipinski definition) is 5. The number of benzene rings is 1. The van der Waals surface area contributed by atoms with E-state index in [1.165, 1.54) is 0 Å². The fraction of sp³-hybridized carbons (Fsp3) is 0.333. The zero-order valence-electron chi connectivity index (χ0n) is 10.8. The predicted octanol–water partition coefficient (Wildman–Crippen LogP) is 0.256. The molecule has 1 aromatic rings. The second-order valence-electron chi connectivity index (χ2n) is 4.41. The van der Waals surface area contributed by atoms with Crippen LogP contribution in [0.3, 0.4) is 0 Å². The molecule has 1 unspecified atom stereocenters. The monoisotopic (exact) mass is 298 g/mol. The lowest BCUT2D eigenvalue weighted by Gasteiger charge is -2.21. The van der Waals surface area contributed by atoms with Gasteiger partial charge in [-0.15, -0.1) is 0 Å². The first-order valence-corrected chi connectivity index (χ1v) is 7.75. The molecule has 0 bridgehead atoms. The molecule has 8 heteroatoms. The Bertz CT molecular complexity index is 598. The third kappa shape index (κ3) is 3.55. The Morgan fingerprint density at radius 2 is 1.95 bits per heavy atom. The zero-order valence-corrected chi connectivity index (χ0v) is 11.6. The Morgan fingerprint density at radius 1 is 1.30 bits per heavy atom. The van der Waals surface area contributed by atoms with Gasteiger partial charge in [-0.3, -0.25) is 4.79 Å². The average Bonchev–Trinajstić information content (AvgIpc) is 2.69. The molecule has 1 aliphatic heterocycles. The molecule has 2 amide bonds. The third-order valence-corrected chi connectivity index (χ3v) is 3.48. The standard InChI is InChI=1S/C12H14N2O5S/c1-20(17,18)13-10(9-5-3-2-4-6-9)7-14-11(15)8-19-12(14)16/h2-6,10,13H,7-8H2,1H3. The normalized spacial score (nSPS) is 17.1. The molecule has 1 aromatic carbocycles. The minimum atomic E-state index is -3.49. The highest BCUT2D eigenvalue weighted by Crippen LogP contribution is 2.17. The number of nitrogens with one attached hydrogen (secondary N) is 1. The van der Waals surface area contributed by atoms with Crippen LogP contribution < -0.4 is 4.72 Å². The lowest BCUT2D eigenvalue weighted by molar-refractivity contribution is -0.126. The van der Waals surface area contributed by atoms with E-state index in [0.717, 1.165) is 11.2 Å². The van der Waals surface area contributed by atoms with Crippen molar-refractivity contribution in [1.29, 1.82) is 0 Å². The number of hydrogen-bond donors (Lipinski definition) is 1. The maximum Gasteiger partial charge on any atom is 0.417 e. The largest absolute Gasteiger partial charge is 0.439 e. The molecule has 1 heterocycles. The van der Waals surface area contributed by atoms with E-state index in [0.29, 0.717) is 5.56 Å². The highest BCUT2D eigenvalue weighted by atomic mass is 32.2. The van der Waals surface area contributed by atoms with Gasteiger partial charge in [-0.05, 0) is 5.56 Å². The van der Waals surface area contributed by atoms with E-state index in [4.69, 9.17) is 0 Å². The van der Waals surface area contributed by atoms with Gasteiger partial charge in [-0.2, -0.15) is 0 Å². The molecule has 1 saturated heterocycles. The van der Waals surface area contributed by atoms with E-state index >= 15 is 0 Å². The molecule has 0 radical (unpaired) electrons. The van der Waals surface area contributed by atoms with Crippen LogP contribution in [0.1, 0.15) is 11.6 Å². The first-order chi connectivity index (χ1) is 9.37. The Morgan fingerprint density at radius 3 is 2.45 bits per heavy atom. The molecule has 108 valence electrons. The summed E-state index contributed by atoms with van der Waals surface area (Å²) in [5.41, 5.74) is 0.658. The molecular weight excluding hydrogens is 284 g/mol. The predicted molar refractivity (Wildman–Crippen MR) is 70.2 cm³/mol. The molecular formula is C12H14N2O5S. The van der Waals surface area contributed by atoms with Crippen molar-refractivity contribution >= 4 is 22.0 Å². The quantitative estimate of drug-likeness (QED) is 0.841. The second kappa shape index (κ2) is 5.59. The molecule has 2 rings (SSSR count). The number of imide groups is 1. The van der Waals surface area contributed by atoms with Crippen LogP contribution in [0.15, 0.2) is 30.3 Å². The number of amides is 2. The van der Waals surface area contributed by atoms with Crippen LogP contribution in [0.25, 0.3) is 0 Å². The van der Waals surface area contributed by atoms with E-state index in [9.17, 15) is 18.0 Å². The smallest absolute Gasteiger partial charge is 0.417 e. The van der Waals surface area contributed by atoms with Crippen LogP contribution in [0, 0.1) is 0 Å². The number of nitrogens with zero attached hydrogens (tertiary/aromatic N) is 1. The van der Waals surface area contributed by atoms with Crippen molar-refractivity contribution in [2.75, 3.05) is 19.4 Å². The number of carbonyl (C=O) groups is 2. The van der Waals surface area contributed by atoms with Crippen molar-refractivity contribution in [3.63, 3.8) is 0 Å². The minimum Gasteiger partial charge on any atom is -0.439 e. The van der Waals surface area contributed by atoms with E-state index in [2.05, 4.69) is 9.46 Å². The summed E-state index contributed by atoms with van der Waals surface area (Å²) in [4.78, 5) is 23.8. The van der Waals surface area contributed by atoms with Crippen molar-refractivity contribution in [3.05, 3.63) is 35.9 Å². The maximum absolute atomic E-state index is 11.5. The molecule has 1 aliphatic rings. The summed E-state index contributed by atoms with van der Waals surface area (Å²) >= 11 is 0. The van der Waals surface area contributed by atoms with Crippen LogP contribution in [-0.4, -0.2) is 44.7 Å². The molecule has 0 aromatic heterocycles. The molecule has 1 N–H and O–H groups in total. The van der Waals surface area contributed by atoms with Gasteiger partial charge in [-0.25, -0.2) is 22.8 Å². The van der Waals surface area contributed by atoms with E-state index < -0.39 is 28.1 Å². The Hall–Kier alpha value is -1.93. The van der Waals surface area contributed by atoms with Gasteiger partial charge < -0.3 is 4.74 Å². The van der Waals surface area contributed by atoms with Gasteiger partial charge in [-0.1, -0.05) is 30.3 Å². The fourth-order valence-electron chi connectivity index (χ4n) is 1.89. The van der Waals surface area contributed by atoms with Crippen molar-refractivity contribution in [1.82, 2.24) is 9.62 Å². The zero-order chi connectivity index (χ0) is 14.8. The van der Waals surface area contributed by atoms with Crippen LogP contribution in [0.4, 0.5) is 4.79 Å². The summed E-state index contributed by atoms with van der Waals surface area (Å²) in [6.45, 7) is -0.409. The average molecular weight is 298 g/mol. The lowest BCUT2D eigenvalue weighted by Crippen LogP contribution is -2.40. The van der Waals surface area contributed by atoms with Crippen LogP contribution >= 0.6 is 0 Å². The van der Waals surface area contributed by atoms with Gasteiger partial charge in [0.2, 0.25) is 10.0 Å². The van der Waals surface area contributed by atoms with Crippen LogP contribution in [0.5, 0.6) is 0 Å². The first kappa shape index (κ1) is 14.5. The first-order valence-electron chi connectivity index (χ1n) is 5.86. The summed E-state index contributed by atoms with van der Waals surface area (Å²) < 4.78 is 29.9. The van der Waals surface area contributed by atoms with Crippen molar-refractivity contribution in [3.8, 4) is 0 Å². The maximum atomic E-state index is 11.5. The summed E-state index contributed by atoms with van der Waals surface area (Å²) in [5, 5.41) is 0. The van der Waals surface area contributed by atoms with Gasteiger partial charge in [0, 0.05) is 0 Å². The van der Waals surface area contributed by atoms with Crippen LogP contribution in [0.2, 0.25) is 0 Å². The minimum absolute atomic E-state index is 0.102. The second-order valence-corrected chi connectivity index (χ2v) is 6.19. The summed E-state index contributed by atoms with van der Waals surface area (Å²) in [7, 11) is -3.49. The van der Waals surface area contributed by atoms with Gasteiger partial charge in [0.05, 0.1) is 18.8 Å². The number of carbonyl (C=O) groups excluding carboxylic acids is 2. The summed E-state index contributed by atoms with van der Waals surface area (Å²) in [6.07, 6.45) is 0.263. The molecule has 0 spiro atoms. The molecule has 20 heavy (non-hydrogen) atoms. The lowest BCUT2D eigenvalue weighted by atomic mass is 10.1. The van der Waals surface area contributed by atoms with Crippen molar-refractivity contribution in [2.24, 2.45) is 0 Å². The fourth-order valence-corrected chi connectivity index (χ4v) is 2.62. The molecule has 1 fully saturated rings. The van der Waals surface area contributed by atoms with Crippen LogP contribution in [-0.2, 0) is 19.6 Å². The van der Waals surface area contributed by atoms with Gasteiger partial charge in [0.1, 0.15) is 0 Å². The number of sulfonamides is 1. The highest BCUT2D eigenvalue weighted by molar-refractivity contribution is 7.88. The van der Waals surface area contributed by atoms with Gasteiger partial charge >= 0.3 is 6.09 Å². The summed E-state index contributed by atoms with van der Waals surface area (Å²) in [5.74, 6) is -0.480. The van der Waals surface area contributed by atoms with Gasteiger partial charge in [0.25, 0.3) is 5.91 Å².